The van der Waals surface area contributed by atoms with Crippen molar-refractivity contribution in [1.82, 2.24) is 0 Å². The standard InChI is InChI=1S/C14H10O4S.C10H16N/c15-13(16)9-1-5-11(6-2-9)19-12-7-3-10(4-8-12)14(17)18;1-11(2,3)9-10-7-5-4-6-8-10/h1-8H,(H,15,16)(H,17,18);4-8H,9H2,1-3H3/q;+1/p-1. The molecule has 3 aromatic carbocycles. The third kappa shape index (κ3) is 8.11. The molecule has 0 aliphatic heterocycles. The smallest absolute Gasteiger partial charge is 0.335 e. The van der Waals surface area contributed by atoms with Crippen LogP contribution in [0.5, 0.6) is 0 Å². The number of carboxylic acid groups (broad SMARTS) is 2. The lowest BCUT2D eigenvalue weighted by Gasteiger charge is -2.23. The Morgan fingerprint density at radius 2 is 1.27 bits per heavy atom. The van der Waals surface area contributed by atoms with Crippen LogP contribution in [-0.4, -0.2) is 42.7 Å². The highest BCUT2D eigenvalue weighted by molar-refractivity contribution is 7.99. The first-order valence-electron chi connectivity index (χ1n) is 9.31. The van der Waals surface area contributed by atoms with Gasteiger partial charge in [-0.3, -0.25) is 0 Å². The molecule has 0 aliphatic carbocycles. The van der Waals surface area contributed by atoms with Crippen LogP contribution in [0.25, 0.3) is 0 Å². The third-order valence-electron chi connectivity index (χ3n) is 3.93. The molecule has 0 fully saturated rings. The van der Waals surface area contributed by atoms with Gasteiger partial charge in [0.1, 0.15) is 6.54 Å². The first kappa shape index (κ1) is 23.2. The fourth-order valence-electron chi connectivity index (χ4n) is 2.59. The molecule has 0 aromatic heterocycles. The van der Waals surface area contributed by atoms with E-state index in [1.165, 1.54) is 41.6 Å². The maximum absolute atomic E-state index is 10.7. The predicted octanol–water partition coefficient (Wildman–Crippen LogP) is 3.79. The Morgan fingerprint density at radius 3 is 1.67 bits per heavy atom. The number of nitrogens with zero attached hydrogens (tertiary/aromatic N) is 1. The van der Waals surface area contributed by atoms with E-state index >= 15 is 0 Å². The minimum absolute atomic E-state index is 0.130. The fourth-order valence-corrected chi connectivity index (χ4v) is 3.41. The summed E-state index contributed by atoms with van der Waals surface area (Å²) in [5.74, 6) is -2.17. The summed E-state index contributed by atoms with van der Waals surface area (Å²) in [4.78, 5) is 23.1. The number of benzene rings is 3. The number of carbonyl (C=O) groups excluding carboxylic acids is 1. The average Bonchev–Trinajstić information content (AvgIpc) is 2.69. The van der Waals surface area contributed by atoms with Gasteiger partial charge < -0.3 is 19.5 Å². The number of hydrogen-bond donors (Lipinski definition) is 1. The summed E-state index contributed by atoms with van der Waals surface area (Å²) in [6.07, 6.45) is 0. The van der Waals surface area contributed by atoms with E-state index in [0.717, 1.165) is 20.8 Å². The van der Waals surface area contributed by atoms with Crippen molar-refractivity contribution in [2.24, 2.45) is 0 Å². The Morgan fingerprint density at radius 1 is 0.800 bits per heavy atom. The molecule has 0 atom stereocenters. The molecule has 156 valence electrons. The van der Waals surface area contributed by atoms with Gasteiger partial charge in [-0.05, 0) is 42.0 Å². The number of aromatic carboxylic acids is 2. The van der Waals surface area contributed by atoms with Gasteiger partial charge in [0, 0.05) is 15.4 Å². The Bertz CT molecular complexity index is 907. The number of hydrogen-bond acceptors (Lipinski definition) is 4. The molecule has 0 saturated carbocycles. The van der Waals surface area contributed by atoms with Crippen LogP contribution in [0, 0.1) is 0 Å². The molecule has 0 spiro atoms. The maximum Gasteiger partial charge on any atom is 0.335 e. The summed E-state index contributed by atoms with van der Waals surface area (Å²) >= 11 is 1.42. The molecule has 0 amide bonds. The van der Waals surface area contributed by atoms with Crippen molar-refractivity contribution in [3.05, 3.63) is 95.6 Å². The highest BCUT2D eigenvalue weighted by atomic mass is 32.2. The van der Waals surface area contributed by atoms with Crippen LogP contribution in [0.4, 0.5) is 0 Å². The first-order chi connectivity index (χ1) is 14.1. The van der Waals surface area contributed by atoms with Crippen molar-refractivity contribution < 1.29 is 24.3 Å². The molecule has 0 saturated heterocycles. The topological polar surface area (TPSA) is 77.4 Å². The van der Waals surface area contributed by atoms with Crippen LogP contribution < -0.4 is 5.11 Å². The van der Waals surface area contributed by atoms with Gasteiger partial charge in [-0.1, -0.05) is 54.2 Å². The summed E-state index contributed by atoms with van der Waals surface area (Å²) in [5, 5.41) is 19.4. The summed E-state index contributed by atoms with van der Waals surface area (Å²) < 4.78 is 0.990. The summed E-state index contributed by atoms with van der Waals surface area (Å²) in [7, 11) is 6.60. The van der Waals surface area contributed by atoms with Crippen LogP contribution in [0.2, 0.25) is 0 Å². The van der Waals surface area contributed by atoms with Crippen LogP contribution in [0.1, 0.15) is 26.3 Å². The zero-order valence-electron chi connectivity index (χ0n) is 17.2. The van der Waals surface area contributed by atoms with E-state index in [2.05, 4.69) is 51.5 Å². The van der Waals surface area contributed by atoms with Crippen molar-refractivity contribution in [3.63, 3.8) is 0 Å². The Labute approximate surface area is 181 Å². The summed E-state index contributed by atoms with van der Waals surface area (Å²) in [5.41, 5.74) is 1.77. The second kappa shape index (κ2) is 10.6. The minimum atomic E-state index is -1.21. The molecule has 3 aromatic rings. The van der Waals surface area contributed by atoms with Crippen LogP contribution in [-0.2, 0) is 6.54 Å². The normalized spacial score (nSPS) is 10.6. The van der Waals surface area contributed by atoms with Crippen molar-refractivity contribution in [2.75, 3.05) is 21.1 Å². The largest absolute Gasteiger partial charge is 0.545 e. The molecule has 5 nitrogen and oxygen atoms in total. The molecule has 0 heterocycles. The highest BCUT2D eigenvalue weighted by Crippen LogP contribution is 2.27. The lowest BCUT2D eigenvalue weighted by molar-refractivity contribution is -0.884. The Hall–Kier alpha value is -3.09. The lowest BCUT2D eigenvalue weighted by atomic mass is 10.2. The second-order valence-corrected chi connectivity index (χ2v) is 8.82. The van der Waals surface area contributed by atoms with Gasteiger partial charge in [-0.25, -0.2) is 4.79 Å². The van der Waals surface area contributed by atoms with Crippen LogP contribution in [0.15, 0.2) is 88.7 Å². The molecule has 6 heteroatoms. The van der Waals surface area contributed by atoms with Gasteiger partial charge in [-0.15, -0.1) is 0 Å². The van der Waals surface area contributed by atoms with Gasteiger partial charge in [0.05, 0.1) is 32.7 Å². The summed E-state index contributed by atoms with van der Waals surface area (Å²) in [6, 6.07) is 23.4. The van der Waals surface area contributed by atoms with E-state index in [1.807, 2.05) is 0 Å². The summed E-state index contributed by atoms with van der Waals surface area (Å²) in [6.45, 7) is 1.10. The number of rotatable bonds is 6. The number of quaternary nitrogens is 1. The zero-order chi connectivity index (χ0) is 22.1. The average molecular weight is 424 g/mol. The van der Waals surface area contributed by atoms with E-state index in [9.17, 15) is 14.7 Å². The second-order valence-electron chi connectivity index (χ2n) is 7.68. The van der Waals surface area contributed by atoms with Crippen LogP contribution >= 0.6 is 11.8 Å². The van der Waals surface area contributed by atoms with Gasteiger partial charge >= 0.3 is 5.97 Å². The van der Waals surface area contributed by atoms with E-state index in [1.54, 1.807) is 24.3 Å². The highest BCUT2D eigenvalue weighted by Gasteiger charge is 2.06. The molecule has 3 rings (SSSR count). The minimum Gasteiger partial charge on any atom is -0.545 e. The van der Waals surface area contributed by atoms with E-state index in [4.69, 9.17) is 5.11 Å². The van der Waals surface area contributed by atoms with E-state index in [-0.39, 0.29) is 11.1 Å². The molecule has 0 radical (unpaired) electrons. The molecule has 0 bridgehead atoms. The molecule has 1 N–H and O–H groups in total. The molecule has 0 aliphatic rings. The maximum atomic E-state index is 10.7. The number of carbonyl (C=O) groups is 2. The third-order valence-corrected chi connectivity index (χ3v) is 4.94. The SMILES string of the molecule is C[N+](C)(C)Cc1ccccc1.O=C([O-])c1ccc(Sc2ccc(C(=O)O)cc2)cc1. The van der Waals surface area contributed by atoms with Crippen LogP contribution in [0.3, 0.4) is 0 Å². The Kier molecular flexibility index (Phi) is 8.21. The van der Waals surface area contributed by atoms with Crippen molar-refractivity contribution in [1.29, 1.82) is 0 Å². The van der Waals surface area contributed by atoms with Crippen molar-refractivity contribution >= 4 is 23.7 Å². The fraction of sp³-hybridized carbons (Fsp3) is 0.167. The van der Waals surface area contributed by atoms with Crippen molar-refractivity contribution in [2.45, 2.75) is 16.3 Å². The van der Waals surface area contributed by atoms with E-state index < -0.39 is 11.9 Å². The molecular formula is C24H25NO4S. The molecule has 0 unspecified atom stereocenters. The monoisotopic (exact) mass is 423 g/mol. The van der Waals surface area contributed by atoms with Gasteiger partial charge in [-0.2, -0.15) is 0 Å². The van der Waals surface area contributed by atoms with Gasteiger partial charge in [0.15, 0.2) is 0 Å². The first-order valence-corrected chi connectivity index (χ1v) is 10.1. The Balaban J connectivity index is 0.000000248. The molecular weight excluding hydrogens is 398 g/mol. The van der Waals surface area contributed by atoms with Gasteiger partial charge in [0.2, 0.25) is 0 Å². The zero-order valence-corrected chi connectivity index (χ0v) is 18.1. The van der Waals surface area contributed by atoms with Gasteiger partial charge in [0.25, 0.3) is 0 Å². The predicted molar refractivity (Wildman–Crippen MR) is 116 cm³/mol. The van der Waals surface area contributed by atoms with E-state index in [0.29, 0.717) is 0 Å². The molecule has 30 heavy (non-hydrogen) atoms. The number of carboxylic acids is 2. The van der Waals surface area contributed by atoms with Crippen molar-refractivity contribution in [3.8, 4) is 0 Å². The quantitative estimate of drug-likeness (QED) is 0.611. The lowest BCUT2D eigenvalue weighted by Crippen LogP contribution is -2.33.